The number of nitrogens with two attached hydrogens (primary N) is 1. The van der Waals surface area contributed by atoms with Crippen molar-refractivity contribution in [3.8, 4) is 5.75 Å². The molecular weight excluding hydrogens is 282 g/mol. The van der Waals surface area contributed by atoms with Crippen LogP contribution in [0.15, 0.2) is 22.7 Å². The van der Waals surface area contributed by atoms with Crippen molar-refractivity contribution in [1.29, 1.82) is 0 Å². The third kappa shape index (κ3) is 5.06. The standard InChI is InChI=1S/C13H20BrNO2/c1-3-6-16-7-8-17-13-9-11(14)4-5-12(13)10(2)15/h4-5,9-10H,3,6-8,15H2,1-2H3/t10-/m0/s1. The van der Waals surface area contributed by atoms with E-state index in [1.165, 1.54) is 0 Å². The van der Waals surface area contributed by atoms with Gasteiger partial charge in [-0.3, -0.25) is 0 Å². The minimum atomic E-state index is -0.0327. The van der Waals surface area contributed by atoms with Crippen molar-refractivity contribution in [2.45, 2.75) is 26.3 Å². The van der Waals surface area contributed by atoms with Gasteiger partial charge in [-0.1, -0.05) is 28.9 Å². The van der Waals surface area contributed by atoms with Gasteiger partial charge in [0.25, 0.3) is 0 Å². The highest BCUT2D eigenvalue weighted by Gasteiger charge is 2.08. The zero-order chi connectivity index (χ0) is 12.7. The van der Waals surface area contributed by atoms with Crippen molar-refractivity contribution < 1.29 is 9.47 Å². The molecule has 0 saturated carbocycles. The first-order chi connectivity index (χ1) is 8.15. The SMILES string of the molecule is CCCOCCOc1cc(Br)ccc1[C@H](C)N. The van der Waals surface area contributed by atoms with Crippen LogP contribution in [0.4, 0.5) is 0 Å². The molecule has 0 spiro atoms. The molecule has 0 aromatic heterocycles. The van der Waals surface area contributed by atoms with E-state index in [1.807, 2.05) is 25.1 Å². The highest BCUT2D eigenvalue weighted by atomic mass is 79.9. The van der Waals surface area contributed by atoms with Gasteiger partial charge in [-0.2, -0.15) is 0 Å². The van der Waals surface area contributed by atoms with Crippen molar-refractivity contribution in [3.05, 3.63) is 28.2 Å². The monoisotopic (exact) mass is 301 g/mol. The maximum atomic E-state index is 5.89. The summed E-state index contributed by atoms with van der Waals surface area (Å²) in [7, 11) is 0. The summed E-state index contributed by atoms with van der Waals surface area (Å²) in [6.45, 7) is 5.98. The van der Waals surface area contributed by atoms with Gasteiger partial charge in [0.1, 0.15) is 12.4 Å². The number of hydrogen-bond acceptors (Lipinski definition) is 3. The van der Waals surface area contributed by atoms with Crippen molar-refractivity contribution in [2.75, 3.05) is 19.8 Å². The molecule has 2 N–H and O–H groups in total. The molecule has 0 heterocycles. The Labute approximate surface area is 111 Å². The van der Waals surface area contributed by atoms with Crippen LogP contribution in [0.1, 0.15) is 31.9 Å². The van der Waals surface area contributed by atoms with E-state index in [9.17, 15) is 0 Å². The zero-order valence-corrected chi connectivity index (χ0v) is 12.0. The summed E-state index contributed by atoms with van der Waals surface area (Å²) in [5, 5.41) is 0. The Morgan fingerprint density at radius 3 is 2.71 bits per heavy atom. The first-order valence-corrected chi connectivity index (χ1v) is 6.70. The maximum Gasteiger partial charge on any atom is 0.125 e. The second kappa shape index (κ2) is 7.69. The van der Waals surface area contributed by atoms with Crippen LogP contribution in [-0.4, -0.2) is 19.8 Å². The number of ether oxygens (including phenoxy) is 2. The third-order valence-electron chi connectivity index (χ3n) is 2.30. The lowest BCUT2D eigenvalue weighted by atomic mass is 10.1. The van der Waals surface area contributed by atoms with Crippen molar-refractivity contribution in [2.24, 2.45) is 5.73 Å². The van der Waals surface area contributed by atoms with E-state index in [1.54, 1.807) is 0 Å². The molecule has 96 valence electrons. The largest absolute Gasteiger partial charge is 0.491 e. The molecule has 4 heteroatoms. The summed E-state index contributed by atoms with van der Waals surface area (Å²) in [6, 6.07) is 5.86. The molecule has 0 amide bonds. The average Bonchev–Trinajstić information content (AvgIpc) is 2.28. The van der Waals surface area contributed by atoms with Gasteiger partial charge in [0.05, 0.1) is 6.61 Å². The zero-order valence-electron chi connectivity index (χ0n) is 10.4. The Morgan fingerprint density at radius 2 is 2.06 bits per heavy atom. The number of halogens is 1. The molecule has 0 aliphatic rings. The van der Waals surface area contributed by atoms with E-state index < -0.39 is 0 Å². The van der Waals surface area contributed by atoms with Gasteiger partial charge < -0.3 is 15.2 Å². The van der Waals surface area contributed by atoms with Crippen LogP contribution in [0.3, 0.4) is 0 Å². The van der Waals surface area contributed by atoms with Gasteiger partial charge in [-0.05, 0) is 25.5 Å². The van der Waals surface area contributed by atoms with Crippen LogP contribution >= 0.6 is 15.9 Å². The van der Waals surface area contributed by atoms with Crippen molar-refractivity contribution in [1.82, 2.24) is 0 Å². The first-order valence-electron chi connectivity index (χ1n) is 5.90. The van der Waals surface area contributed by atoms with Crippen LogP contribution in [-0.2, 0) is 4.74 Å². The molecule has 0 radical (unpaired) electrons. The van der Waals surface area contributed by atoms with Gasteiger partial charge >= 0.3 is 0 Å². The van der Waals surface area contributed by atoms with E-state index >= 15 is 0 Å². The summed E-state index contributed by atoms with van der Waals surface area (Å²) < 4.78 is 12.1. The molecule has 0 bridgehead atoms. The molecule has 0 aliphatic heterocycles. The summed E-state index contributed by atoms with van der Waals surface area (Å²) in [6.07, 6.45) is 1.03. The van der Waals surface area contributed by atoms with Crippen LogP contribution in [0.5, 0.6) is 5.75 Å². The summed E-state index contributed by atoms with van der Waals surface area (Å²) in [4.78, 5) is 0. The summed E-state index contributed by atoms with van der Waals surface area (Å²) in [5.41, 5.74) is 6.91. The van der Waals surface area contributed by atoms with E-state index in [4.69, 9.17) is 15.2 Å². The highest BCUT2D eigenvalue weighted by molar-refractivity contribution is 9.10. The van der Waals surface area contributed by atoms with E-state index in [2.05, 4.69) is 22.9 Å². The van der Waals surface area contributed by atoms with Gasteiger partial charge in [-0.25, -0.2) is 0 Å². The fourth-order valence-corrected chi connectivity index (χ4v) is 1.81. The second-order valence-corrected chi connectivity index (χ2v) is 4.85. The summed E-state index contributed by atoms with van der Waals surface area (Å²) in [5.74, 6) is 0.828. The molecule has 0 unspecified atom stereocenters. The van der Waals surface area contributed by atoms with E-state index in [0.29, 0.717) is 13.2 Å². The topological polar surface area (TPSA) is 44.5 Å². The fourth-order valence-electron chi connectivity index (χ4n) is 1.47. The lowest BCUT2D eigenvalue weighted by molar-refractivity contribution is 0.100. The van der Waals surface area contributed by atoms with E-state index in [-0.39, 0.29) is 6.04 Å². The third-order valence-corrected chi connectivity index (χ3v) is 2.79. The highest BCUT2D eigenvalue weighted by Crippen LogP contribution is 2.27. The Hall–Kier alpha value is -0.580. The molecule has 1 rings (SSSR count). The Kier molecular flexibility index (Phi) is 6.55. The molecule has 0 fully saturated rings. The van der Waals surface area contributed by atoms with Crippen molar-refractivity contribution in [3.63, 3.8) is 0 Å². The Bertz CT molecular complexity index is 342. The number of hydrogen-bond donors (Lipinski definition) is 1. The fraction of sp³-hybridized carbons (Fsp3) is 0.538. The Morgan fingerprint density at radius 1 is 1.29 bits per heavy atom. The molecule has 1 aromatic rings. The van der Waals surface area contributed by atoms with Crippen LogP contribution in [0, 0.1) is 0 Å². The van der Waals surface area contributed by atoms with Crippen LogP contribution in [0.2, 0.25) is 0 Å². The summed E-state index contributed by atoms with van der Waals surface area (Å²) >= 11 is 3.43. The smallest absolute Gasteiger partial charge is 0.125 e. The Balaban J connectivity index is 2.53. The number of benzene rings is 1. The number of rotatable bonds is 7. The maximum absolute atomic E-state index is 5.89. The molecule has 1 atom stereocenters. The van der Waals surface area contributed by atoms with Crippen molar-refractivity contribution >= 4 is 15.9 Å². The van der Waals surface area contributed by atoms with Gasteiger partial charge in [0.2, 0.25) is 0 Å². The quantitative estimate of drug-likeness (QED) is 0.786. The normalized spacial score (nSPS) is 12.5. The van der Waals surface area contributed by atoms with Gasteiger partial charge in [0, 0.05) is 22.7 Å². The molecule has 0 aliphatic carbocycles. The predicted molar refractivity (Wildman–Crippen MR) is 73.3 cm³/mol. The molecular formula is C13H20BrNO2. The predicted octanol–water partition coefficient (Wildman–Crippen LogP) is 3.27. The van der Waals surface area contributed by atoms with Gasteiger partial charge in [-0.15, -0.1) is 0 Å². The van der Waals surface area contributed by atoms with E-state index in [0.717, 1.165) is 28.8 Å². The van der Waals surface area contributed by atoms with Gasteiger partial charge in [0.15, 0.2) is 0 Å². The lowest BCUT2D eigenvalue weighted by Gasteiger charge is -2.14. The molecule has 17 heavy (non-hydrogen) atoms. The average molecular weight is 302 g/mol. The second-order valence-electron chi connectivity index (χ2n) is 3.93. The molecule has 1 aromatic carbocycles. The minimum Gasteiger partial charge on any atom is -0.491 e. The lowest BCUT2D eigenvalue weighted by Crippen LogP contribution is -2.11. The molecule has 0 saturated heterocycles. The van der Waals surface area contributed by atoms with Crippen LogP contribution < -0.4 is 10.5 Å². The first kappa shape index (κ1) is 14.5. The molecule has 3 nitrogen and oxygen atoms in total. The van der Waals surface area contributed by atoms with Crippen LogP contribution in [0.25, 0.3) is 0 Å². The minimum absolute atomic E-state index is 0.0327.